The topological polar surface area (TPSA) is 73.1 Å². The van der Waals surface area contributed by atoms with E-state index in [2.05, 4.69) is 5.32 Å². The van der Waals surface area contributed by atoms with Crippen LogP contribution in [0.2, 0.25) is 0 Å². The summed E-state index contributed by atoms with van der Waals surface area (Å²) >= 11 is 0. The first kappa shape index (κ1) is 19.6. The molecule has 0 fully saturated rings. The lowest BCUT2D eigenvalue weighted by molar-refractivity contribution is -0.122. The summed E-state index contributed by atoms with van der Waals surface area (Å²) in [5, 5.41) is 3.27. The van der Waals surface area contributed by atoms with Gasteiger partial charge < -0.3 is 5.32 Å². The zero-order valence-electron chi connectivity index (χ0n) is 16.7. The Morgan fingerprint density at radius 2 is 1.79 bits per heavy atom. The van der Waals surface area contributed by atoms with Crippen LogP contribution in [-0.4, -0.2) is 21.1 Å². The molecule has 6 nitrogen and oxygen atoms in total. The number of rotatable bonds is 5. The van der Waals surface area contributed by atoms with Gasteiger partial charge in [0.2, 0.25) is 5.91 Å². The highest BCUT2D eigenvalue weighted by molar-refractivity contribution is 5.82. The van der Waals surface area contributed by atoms with Gasteiger partial charge in [-0.1, -0.05) is 25.1 Å². The van der Waals surface area contributed by atoms with E-state index in [-0.39, 0.29) is 24.1 Å². The maximum Gasteiger partial charge on any atom is 0.336 e. The summed E-state index contributed by atoms with van der Waals surface area (Å²) in [6.45, 7) is 7.65. The van der Waals surface area contributed by atoms with Gasteiger partial charge in [0.25, 0.3) is 5.56 Å². The lowest BCUT2D eigenvalue weighted by Crippen LogP contribution is -2.43. The van der Waals surface area contributed by atoms with E-state index in [1.54, 1.807) is 30.3 Å². The van der Waals surface area contributed by atoms with Crippen molar-refractivity contribution in [2.24, 2.45) is 0 Å². The lowest BCUT2D eigenvalue weighted by atomic mass is 10.1. The molecule has 0 bridgehead atoms. The Bertz CT molecular complexity index is 1160. The highest BCUT2D eigenvalue weighted by atomic mass is 16.2. The first-order valence-corrected chi connectivity index (χ1v) is 9.45. The number of carbonyl (C=O) groups excluding carboxylic acids is 1. The summed E-state index contributed by atoms with van der Waals surface area (Å²) in [7, 11) is 0. The maximum atomic E-state index is 13.2. The van der Waals surface area contributed by atoms with Gasteiger partial charge in [0.15, 0.2) is 0 Å². The van der Waals surface area contributed by atoms with Crippen LogP contribution in [0.15, 0.2) is 52.1 Å². The first-order chi connectivity index (χ1) is 13.3. The molecule has 0 saturated heterocycles. The van der Waals surface area contributed by atoms with Crippen molar-refractivity contribution in [3.05, 3.63) is 74.4 Å². The molecule has 0 radical (unpaired) electrons. The molecule has 0 aliphatic heterocycles. The Morgan fingerprint density at radius 3 is 2.46 bits per heavy atom. The fourth-order valence-corrected chi connectivity index (χ4v) is 3.13. The van der Waals surface area contributed by atoms with Crippen LogP contribution < -0.4 is 16.6 Å². The van der Waals surface area contributed by atoms with Crippen LogP contribution in [0.25, 0.3) is 16.6 Å². The van der Waals surface area contributed by atoms with E-state index in [0.29, 0.717) is 16.6 Å². The zero-order chi connectivity index (χ0) is 20.4. The van der Waals surface area contributed by atoms with E-state index in [9.17, 15) is 14.4 Å². The van der Waals surface area contributed by atoms with Gasteiger partial charge in [0, 0.05) is 6.04 Å². The fraction of sp³-hybridized carbons (Fsp3) is 0.318. The highest BCUT2D eigenvalue weighted by Gasteiger charge is 2.17. The van der Waals surface area contributed by atoms with Crippen LogP contribution in [-0.2, 0) is 11.3 Å². The second kappa shape index (κ2) is 7.84. The Labute approximate surface area is 163 Å². The molecule has 1 N–H and O–H groups in total. The Hall–Kier alpha value is -3.15. The third-order valence-electron chi connectivity index (χ3n) is 5.12. The number of benzene rings is 2. The molecule has 0 aliphatic carbocycles. The van der Waals surface area contributed by atoms with Crippen molar-refractivity contribution in [2.75, 3.05) is 0 Å². The minimum absolute atomic E-state index is 0.0140. The van der Waals surface area contributed by atoms with Gasteiger partial charge in [-0.15, -0.1) is 0 Å². The minimum atomic E-state index is -0.522. The monoisotopic (exact) mass is 379 g/mol. The molecular weight excluding hydrogens is 354 g/mol. The average molecular weight is 379 g/mol. The number of nitrogens with one attached hydrogen (secondary N) is 1. The largest absolute Gasteiger partial charge is 0.352 e. The van der Waals surface area contributed by atoms with Crippen LogP contribution in [0.3, 0.4) is 0 Å². The van der Waals surface area contributed by atoms with Crippen molar-refractivity contribution in [1.82, 2.24) is 14.5 Å². The third kappa shape index (κ3) is 3.63. The predicted molar refractivity (Wildman–Crippen MR) is 111 cm³/mol. The number of fused-ring (bicyclic) bond motifs is 1. The number of nitrogens with zero attached hydrogens (tertiary/aromatic N) is 2. The van der Waals surface area contributed by atoms with Crippen molar-refractivity contribution in [2.45, 2.75) is 46.7 Å². The van der Waals surface area contributed by atoms with E-state index in [1.165, 1.54) is 4.57 Å². The van der Waals surface area contributed by atoms with Gasteiger partial charge in [-0.05, 0) is 62.6 Å². The van der Waals surface area contributed by atoms with Gasteiger partial charge in [-0.3, -0.25) is 14.2 Å². The van der Waals surface area contributed by atoms with Gasteiger partial charge in [0.05, 0.1) is 16.6 Å². The van der Waals surface area contributed by atoms with Crippen LogP contribution in [0, 0.1) is 13.8 Å². The maximum absolute atomic E-state index is 13.2. The summed E-state index contributed by atoms with van der Waals surface area (Å²) in [4.78, 5) is 38.7. The summed E-state index contributed by atoms with van der Waals surface area (Å²) in [6.07, 6.45) is 0.795. The molecular formula is C22H25N3O3. The Morgan fingerprint density at radius 1 is 1.07 bits per heavy atom. The molecule has 2 aromatic carbocycles. The molecule has 1 heterocycles. The molecule has 1 amide bonds. The molecule has 3 aromatic rings. The lowest BCUT2D eigenvalue weighted by Gasteiger charge is -2.16. The Balaban J connectivity index is 2.23. The van der Waals surface area contributed by atoms with E-state index in [0.717, 1.165) is 22.1 Å². The summed E-state index contributed by atoms with van der Waals surface area (Å²) in [6, 6.07) is 12.3. The SMILES string of the molecule is CC[C@@H](C)NC(=O)Cn1c(=O)n(-c2ccc(C)c(C)c2)c(=O)c2ccccc21. The number of hydrogen-bond acceptors (Lipinski definition) is 3. The second-order valence-corrected chi connectivity index (χ2v) is 7.17. The second-order valence-electron chi connectivity index (χ2n) is 7.17. The normalized spacial score (nSPS) is 12.1. The number of hydrogen-bond donors (Lipinski definition) is 1. The summed E-state index contributed by atoms with van der Waals surface area (Å²) in [5.74, 6) is -0.258. The van der Waals surface area contributed by atoms with E-state index in [4.69, 9.17) is 0 Å². The standard InChI is InChI=1S/C22H25N3O3/c1-5-16(4)23-20(26)13-24-19-9-7-6-8-18(19)21(27)25(22(24)28)17-11-10-14(2)15(3)12-17/h6-12,16H,5,13H2,1-4H3,(H,23,26)/t16-/m1/s1. The van der Waals surface area contributed by atoms with Gasteiger partial charge in [0.1, 0.15) is 6.54 Å². The zero-order valence-corrected chi connectivity index (χ0v) is 16.7. The molecule has 146 valence electrons. The molecule has 1 atom stereocenters. The fourth-order valence-electron chi connectivity index (χ4n) is 3.13. The van der Waals surface area contributed by atoms with E-state index in [1.807, 2.05) is 39.8 Å². The number of para-hydroxylation sites is 1. The number of aromatic nitrogens is 2. The van der Waals surface area contributed by atoms with E-state index < -0.39 is 5.69 Å². The molecule has 0 unspecified atom stereocenters. The molecule has 0 aliphatic rings. The van der Waals surface area contributed by atoms with Crippen molar-refractivity contribution < 1.29 is 4.79 Å². The molecule has 6 heteroatoms. The minimum Gasteiger partial charge on any atom is -0.352 e. The van der Waals surface area contributed by atoms with Crippen LogP contribution in [0.1, 0.15) is 31.4 Å². The van der Waals surface area contributed by atoms with Crippen molar-refractivity contribution in [1.29, 1.82) is 0 Å². The van der Waals surface area contributed by atoms with Gasteiger partial charge in [-0.25, -0.2) is 9.36 Å². The number of aryl methyl sites for hydroxylation is 2. The average Bonchev–Trinajstić information content (AvgIpc) is 2.68. The quantitative estimate of drug-likeness (QED) is 0.741. The van der Waals surface area contributed by atoms with Crippen molar-refractivity contribution >= 4 is 16.8 Å². The van der Waals surface area contributed by atoms with E-state index >= 15 is 0 Å². The number of carbonyl (C=O) groups is 1. The van der Waals surface area contributed by atoms with Crippen molar-refractivity contribution in [3.63, 3.8) is 0 Å². The van der Waals surface area contributed by atoms with Gasteiger partial charge in [-0.2, -0.15) is 0 Å². The summed E-state index contributed by atoms with van der Waals surface area (Å²) in [5.41, 5.74) is 2.11. The smallest absolute Gasteiger partial charge is 0.336 e. The Kier molecular flexibility index (Phi) is 5.49. The predicted octanol–water partition coefficient (Wildman–Crippen LogP) is 2.68. The molecule has 1 aromatic heterocycles. The molecule has 28 heavy (non-hydrogen) atoms. The molecule has 0 spiro atoms. The van der Waals surface area contributed by atoms with Crippen LogP contribution in [0.5, 0.6) is 0 Å². The third-order valence-corrected chi connectivity index (χ3v) is 5.12. The van der Waals surface area contributed by atoms with Gasteiger partial charge >= 0.3 is 5.69 Å². The van der Waals surface area contributed by atoms with Crippen molar-refractivity contribution in [3.8, 4) is 5.69 Å². The van der Waals surface area contributed by atoms with Crippen LogP contribution >= 0.6 is 0 Å². The van der Waals surface area contributed by atoms with Crippen LogP contribution in [0.4, 0.5) is 0 Å². The molecule has 0 saturated carbocycles. The summed E-state index contributed by atoms with van der Waals surface area (Å²) < 4.78 is 2.51. The highest BCUT2D eigenvalue weighted by Crippen LogP contribution is 2.14. The first-order valence-electron chi connectivity index (χ1n) is 9.45. The number of amides is 1. The molecule has 3 rings (SSSR count).